The highest BCUT2D eigenvalue weighted by molar-refractivity contribution is 7.98. The van der Waals surface area contributed by atoms with Gasteiger partial charge in [0, 0.05) is 18.0 Å². The van der Waals surface area contributed by atoms with Crippen LogP contribution in [0.1, 0.15) is 18.4 Å². The average molecular weight is 218 g/mol. The van der Waals surface area contributed by atoms with Crippen LogP contribution < -0.4 is 4.90 Å². The molecule has 2 nitrogen and oxygen atoms in total. The smallest absolute Gasteiger partial charge is 0.103 e. The predicted octanol–water partition coefficient (Wildman–Crippen LogP) is 2.88. The normalized spacial score (nSPS) is 15.3. The van der Waals surface area contributed by atoms with Crippen LogP contribution in [0.2, 0.25) is 0 Å². The molecule has 78 valence electrons. The number of hydrogen-bond donors (Lipinski definition) is 0. The van der Waals surface area contributed by atoms with Gasteiger partial charge in [-0.3, -0.25) is 0 Å². The molecule has 0 atom stereocenters. The van der Waals surface area contributed by atoms with Crippen molar-refractivity contribution < 1.29 is 0 Å². The Kier molecular flexibility index (Phi) is 3.17. The van der Waals surface area contributed by atoms with Crippen LogP contribution in [-0.2, 0) is 0 Å². The minimum Gasteiger partial charge on any atom is -0.370 e. The fraction of sp³-hybridized carbons (Fsp3) is 0.417. The van der Waals surface area contributed by atoms with E-state index in [4.69, 9.17) is 0 Å². The molecule has 0 bridgehead atoms. The molecule has 15 heavy (non-hydrogen) atoms. The fourth-order valence-corrected chi connectivity index (χ4v) is 2.59. The second-order valence-corrected chi connectivity index (χ2v) is 4.51. The second-order valence-electron chi connectivity index (χ2n) is 3.66. The maximum Gasteiger partial charge on any atom is 0.103 e. The van der Waals surface area contributed by atoms with Crippen LogP contribution in [0.25, 0.3) is 0 Å². The van der Waals surface area contributed by atoms with Crippen molar-refractivity contribution in [2.75, 3.05) is 24.2 Å². The summed E-state index contributed by atoms with van der Waals surface area (Å²) < 4.78 is 0. The molecule has 1 aliphatic heterocycles. The molecule has 0 aromatic heterocycles. The molecule has 1 saturated heterocycles. The van der Waals surface area contributed by atoms with Crippen LogP contribution >= 0.6 is 11.8 Å². The van der Waals surface area contributed by atoms with Crippen molar-refractivity contribution >= 4 is 17.4 Å². The van der Waals surface area contributed by atoms with Gasteiger partial charge in [-0.2, -0.15) is 5.26 Å². The third kappa shape index (κ3) is 1.95. The molecule has 1 heterocycles. The highest BCUT2D eigenvalue weighted by atomic mass is 32.2. The van der Waals surface area contributed by atoms with Gasteiger partial charge in [-0.25, -0.2) is 0 Å². The number of rotatable bonds is 2. The lowest BCUT2D eigenvalue weighted by Gasteiger charge is -2.19. The Morgan fingerprint density at radius 1 is 1.33 bits per heavy atom. The lowest BCUT2D eigenvalue weighted by molar-refractivity contribution is 0.949. The minimum absolute atomic E-state index is 0.840. The highest BCUT2D eigenvalue weighted by Crippen LogP contribution is 2.30. The fourth-order valence-electron chi connectivity index (χ4n) is 2.02. The van der Waals surface area contributed by atoms with Crippen molar-refractivity contribution in [3.63, 3.8) is 0 Å². The van der Waals surface area contributed by atoms with E-state index in [0.29, 0.717) is 0 Å². The molecule has 3 heteroatoms. The Bertz CT molecular complexity index is 389. The van der Waals surface area contributed by atoms with Crippen molar-refractivity contribution in [1.29, 1.82) is 5.26 Å². The summed E-state index contributed by atoms with van der Waals surface area (Å²) in [6.45, 7) is 2.18. The van der Waals surface area contributed by atoms with Gasteiger partial charge >= 0.3 is 0 Å². The molecule has 1 aromatic rings. The average Bonchev–Trinajstić information content (AvgIpc) is 2.81. The topological polar surface area (TPSA) is 27.0 Å². The highest BCUT2D eigenvalue weighted by Gasteiger charge is 2.17. The second kappa shape index (κ2) is 4.59. The first kappa shape index (κ1) is 10.4. The number of hydrogen-bond acceptors (Lipinski definition) is 3. The molecule has 0 radical (unpaired) electrons. The maximum absolute atomic E-state index is 9.20. The van der Waals surface area contributed by atoms with E-state index in [9.17, 15) is 5.26 Å². The zero-order chi connectivity index (χ0) is 10.7. The minimum atomic E-state index is 0.840. The van der Waals surface area contributed by atoms with E-state index < -0.39 is 0 Å². The molecule has 1 aliphatic rings. The van der Waals surface area contributed by atoms with Crippen molar-refractivity contribution in [2.24, 2.45) is 0 Å². The van der Waals surface area contributed by atoms with E-state index in [0.717, 1.165) is 29.2 Å². The van der Waals surface area contributed by atoms with Gasteiger partial charge < -0.3 is 4.90 Å². The van der Waals surface area contributed by atoms with E-state index in [2.05, 4.69) is 17.0 Å². The van der Waals surface area contributed by atoms with E-state index in [-0.39, 0.29) is 0 Å². The molecule has 1 aromatic carbocycles. The summed E-state index contributed by atoms with van der Waals surface area (Å²) in [4.78, 5) is 3.40. The summed E-state index contributed by atoms with van der Waals surface area (Å²) in [5.41, 5.74) is 1.95. The van der Waals surface area contributed by atoms with Crippen molar-refractivity contribution in [2.45, 2.75) is 17.7 Å². The standard InChI is InChI=1S/C12H14N2S/c1-15-12-6-4-5-11(10(12)9-13)14-7-2-3-8-14/h4-6H,2-3,7-8H2,1H3. The van der Waals surface area contributed by atoms with Crippen LogP contribution in [0.15, 0.2) is 23.1 Å². The molecule has 0 N–H and O–H groups in total. The predicted molar refractivity (Wildman–Crippen MR) is 64.4 cm³/mol. The number of nitrogens with zero attached hydrogens (tertiary/aromatic N) is 2. The number of anilines is 1. The molecular formula is C12H14N2S. The molecular weight excluding hydrogens is 204 g/mol. The molecule has 0 amide bonds. The lowest BCUT2D eigenvalue weighted by atomic mass is 10.2. The number of thioether (sulfide) groups is 1. The Morgan fingerprint density at radius 2 is 2.07 bits per heavy atom. The first-order valence-electron chi connectivity index (χ1n) is 5.19. The third-order valence-electron chi connectivity index (χ3n) is 2.78. The van der Waals surface area contributed by atoms with Crippen LogP contribution in [0.3, 0.4) is 0 Å². The van der Waals surface area contributed by atoms with Gasteiger partial charge in [0.15, 0.2) is 0 Å². The van der Waals surface area contributed by atoms with Gasteiger partial charge in [0.1, 0.15) is 6.07 Å². The molecule has 0 spiro atoms. The van der Waals surface area contributed by atoms with Crippen molar-refractivity contribution in [3.05, 3.63) is 23.8 Å². The van der Waals surface area contributed by atoms with Gasteiger partial charge in [0.2, 0.25) is 0 Å². The Morgan fingerprint density at radius 3 is 2.67 bits per heavy atom. The third-order valence-corrected chi connectivity index (χ3v) is 3.56. The summed E-state index contributed by atoms with van der Waals surface area (Å²) in [5.74, 6) is 0. The van der Waals surface area contributed by atoms with Gasteiger partial charge in [-0.15, -0.1) is 11.8 Å². The van der Waals surface area contributed by atoms with Gasteiger partial charge in [-0.1, -0.05) is 6.07 Å². The molecule has 1 fully saturated rings. The largest absolute Gasteiger partial charge is 0.370 e. The van der Waals surface area contributed by atoms with Crippen molar-refractivity contribution in [3.8, 4) is 6.07 Å². The van der Waals surface area contributed by atoms with Crippen LogP contribution in [0.4, 0.5) is 5.69 Å². The summed E-state index contributed by atoms with van der Waals surface area (Å²) in [5, 5.41) is 9.20. The van der Waals surface area contributed by atoms with Crippen molar-refractivity contribution in [1.82, 2.24) is 0 Å². The summed E-state index contributed by atoms with van der Waals surface area (Å²) in [6.07, 6.45) is 4.51. The molecule has 2 rings (SSSR count). The Balaban J connectivity index is 2.42. The monoisotopic (exact) mass is 218 g/mol. The first-order valence-corrected chi connectivity index (χ1v) is 6.41. The zero-order valence-corrected chi connectivity index (χ0v) is 9.68. The first-order chi connectivity index (χ1) is 7.36. The van der Waals surface area contributed by atoms with Crippen LogP contribution in [0, 0.1) is 11.3 Å². The number of benzene rings is 1. The van der Waals surface area contributed by atoms with Gasteiger partial charge in [-0.05, 0) is 31.2 Å². The molecule has 0 saturated carbocycles. The quantitative estimate of drug-likeness (QED) is 0.714. The summed E-state index contributed by atoms with van der Waals surface area (Å²) in [6, 6.07) is 8.45. The molecule has 0 unspecified atom stereocenters. The van der Waals surface area contributed by atoms with E-state index >= 15 is 0 Å². The van der Waals surface area contributed by atoms with E-state index in [1.807, 2.05) is 18.4 Å². The summed E-state index contributed by atoms with van der Waals surface area (Å²) >= 11 is 1.64. The Hall–Kier alpha value is -1.14. The number of nitriles is 1. The molecule has 0 aliphatic carbocycles. The zero-order valence-electron chi connectivity index (χ0n) is 8.86. The van der Waals surface area contributed by atoms with Crippen LogP contribution in [-0.4, -0.2) is 19.3 Å². The van der Waals surface area contributed by atoms with E-state index in [1.54, 1.807) is 11.8 Å². The maximum atomic E-state index is 9.20. The van der Waals surface area contributed by atoms with Gasteiger partial charge in [0.05, 0.1) is 11.3 Å². The van der Waals surface area contributed by atoms with E-state index in [1.165, 1.54) is 12.8 Å². The van der Waals surface area contributed by atoms with Gasteiger partial charge in [0.25, 0.3) is 0 Å². The summed E-state index contributed by atoms with van der Waals surface area (Å²) in [7, 11) is 0. The lowest BCUT2D eigenvalue weighted by Crippen LogP contribution is -2.18. The SMILES string of the molecule is CSc1cccc(N2CCCC2)c1C#N. The van der Waals surface area contributed by atoms with Crippen LogP contribution in [0.5, 0.6) is 0 Å². The Labute approximate surface area is 94.9 Å².